The van der Waals surface area contributed by atoms with Gasteiger partial charge in [-0.3, -0.25) is 9.69 Å². The second-order valence-corrected chi connectivity index (χ2v) is 10.6. The molecule has 0 atom stereocenters. The van der Waals surface area contributed by atoms with Crippen molar-refractivity contribution in [2.24, 2.45) is 0 Å². The fraction of sp³-hybridized carbons (Fsp3) is 0.387. The van der Waals surface area contributed by atoms with Gasteiger partial charge in [-0.1, -0.05) is 55.0 Å². The Bertz CT molecular complexity index is 1320. The van der Waals surface area contributed by atoms with E-state index in [-0.39, 0.29) is 0 Å². The number of benzene rings is 3. The Labute approximate surface area is 235 Å². The Morgan fingerprint density at radius 1 is 0.756 bits per heavy atom. The van der Waals surface area contributed by atoms with Gasteiger partial charge in [0.15, 0.2) is 0 Å². The number of hydrogen-bond donors (Lipinski definition) is 1. The first kappa shape index (κ1) is 29.0. The van der Waals surface area contributed by atoms with Gasteiger partial charge >= 0.3 is 12.4 Å². The predicted molar refractivity (Wildman–Crippen MR) is 146 cm³/mol. The van der Waals surface area contributed by atoms with Crippen LogP contribution in [-0.4, -0.2) is 56.3 Å². The Morgan fingerprint density at radius 3 is 1.85 bits per heavy atom. The molecule has 1 aliphatic carbocycles. The van der Waals surface area contributed by atoms with Gasteiger partial charge in [-0.2, -0.15) is 26.3 Å². The number of unbranched alkanes of at least 4 members (excludes halogenated alkanes) is 1. The molecular formula is C31H31F6N3O. The molecule has 1 amide bonds. The van der Waals surface area contributed by atoms with Gasteiger partial charge in [-0.15, -0.1) is 0 Å². The van der Waals surface area contributed by atoms with Crippen molar-refractivity contribution in [1.29, 1.82) is 0 Å². The van der Waals surface area contributed by atoms with Crippen LogP contribution in [-0.2, 0) is 16.4 Å². The molecule has 1 N–H and O–H groups in total. The molecule has 3 aromatic carbocycles. The first-order valence-electron chi connectivity index (χ1n) is 13.7. The molecule has 218 valence electrons. The number of nitrogens with one attached hydrogen (secondary N) is 1. The molecule has 4 nitrogen and oxygen atoms in total. The summed E-state index contributed by atoms with van der Waals surface area (Å²) in [5.74, 6) is -0.641. The monoisotopic (exact) mass is 575 g/mol. The van der Waals surface area contributed by atoms with Gasteiger partial charge in [0, 0.05) is 31.9 Å². The average Bonchev–Trinajstić information content (AvgIpc) is 3.24. The summed E-state index contributed by atoms with van der Waals surface area (Å²) >= 11 is 0. The summed E-state index contributed by atoms with van der Waals surface area (Å²) in [5.41, 5.74) is 2.06. The van der Waals surface area contributed by atoms with Crippen molar-refractivity contribution in [3.05, 3.63) is 89.5 Å². The van der Waals surface area contributed by atoms with E-state index in [2.05, 4.69) is 15.1 Å². The number of fused-ring (bicyclic) bond motifs is 3. The Kier molecular flexibility index (Phi) is 8.05. The maximum atomic E-state index is 13.6. The van der Waals surface area contributed by atoms with E-state index in [0.717, 1.165) is 66.1 Å². The van der Waals surface area contributed by atoms with Crippen LogP contribution in [0, 0.1) is 0 Å². The molecule has 0 saturated carbocycles. The predicted octanol–water partition coefficient (Wildman–Crippen LogP) is 6.64. The number of hydrogen-bond acceptors (Lipinski definition) is 3. The average molecular weight is 576 g/mol. The number of nitrogens with zero attached hydrogens (tertiary/aromatic N) is 2. The smallest absolute Gasteiger partial charge is 0.369 e. The van der Waals surface area contributed by atoms with Gasteiger partial charge in [-0.25, -0.2) is 0 Å². The molecule has 0 spiro atoms. The van der Waals surface area contributed by atoms with Crippen LogP contribution in [0.5, 0.6) is 0 Å². The lowest BCUT2D eigenvalue weighted by molar-refractivity contribution is -0.141. The van der Waals surface area contributed by atoms with E-state index in [4.69, 9.17) is 0 Å². The lowest BCUT2D eigenvalue weighted by Crippen LogP contribution is -2.47. The number of halogens is 6. The highest BCUT2D eigenvalue weighted by atomic mass is 19.4. The maximum absolute atomic E-state index is 13.6. The number of carbonyl (C=O) groups excluding carboxylic acids is 1. The Morgan fingerprint density at radius 2 is 1.32 bits per heavy atom. The molecule has 0 aromatic heterocycles. The van der Waals surface area contributed by atoms with Crippen LogP contribution in [0.4, 0.5) is 32.0 Å². The van der Waals surface area contributed by atoms with Gasteiger partial charge in [-0.05, 0) is 65.9 Å². The molecule has 1 saturated heterocycles. The quantitative estimate of drug-likeness (QED) is 0.242. The highest BCUT2D eigenvalue weighted by molar-refractivity contribution is 6.00. The number of anilines is 1. The summed E-state index contributed by atoms with van der Waals surface area (Å²) in [7, 11) is 0. The molecule has 0 radical (unpaired) electrons. The van der Waals surface area contributed by atoms with Crippen LogP contribution >= 0.6 is 0 Å². The molecule has 10 heteroatoms. The van der Waals surface area contributed by atoms with E-state index < -0.39 is 35.8 Å². The molecule has 1 heterocycles. The van der Waals surface area contributed by atoms with Crippen molar-refractivity contribution in [3.63, 3.8) is 0 Å². The first-order valence-corrected chi connectivity index (χ1v) is 13.7. The zero-order valence-electron chi connectivity index (χ0n) is 22.4. The molecular weight excluding hydrogens is 544 g/mol. The lowest BCUT2D eigenvalue weighted by Gasteiger charge is -2.36. The summed E-state index contributed by atoms with van der Waals surface area (Å²) in [6.45, 7) is 2.20. The van der Waals surface area contributed by atoms with E-state index in [9.17, 15) is 31.1 Å². The third-order valence-electron chi connectivity index (χ3n) is 8.11. The molecule has 1 aliphatic heterocycles. The number of rotatable bonds is 8. The molecule has 3 aromatic rings. The van der Waals surface area contributed by atoms with E-state index >= 15 is 0 Å². The summed E-state index contributed by atoms with van der Waals surface area (Å²) < 4.78 is 77.8. The molecule has 5 rings (SSSR count). The van der Waals surface area contributed by atoms with Gasteiger partial charge in [0.2, 0.25) is 5.91 Å². The zero-order valence-corrected chi connectivity index (χ0v) is 22.4. The minimum Gasteiger partial charge on any atom is -0.369 e. The van der Waals surface area contributed by atoms with Crippen molar-refractivity contribution < 1.29 is 31.1 Å². The van der Waals surface area contributed by atoms with E-state index in [1.807, 2.05) is 48.5 Å². The van der Waals surface area contributed by atoms with Gasteiger partial charge in [0.1, 0.15) is 12.0 Å². The summed E-state index contributed by atoms with van der Waals surface area (Å²) in [5, 5.41) is 2.17. The van der Waals surface area contributed by atoms with E-state index in [0.29, 0.717) is 25.9 Å². The molecule has 0 bridgehead atoms. The van der Waals surface area contributed by atoms with Crippen LogP contribution in [0.3, 0.4) is 0 Å². The van der Waals surface area contributed by atoms with Gasteiger partial charge in [0.25, 0.3) is 0 Å². The number of alkyl halides is 6. The molecule has 2 aliphatic rings. The number of piperazine rings is 1. The van der Waals surface area contributed by atoms with Crippen LogP contribution in [0.15, 0.2) is 72.8 Å². The molecule has 41 heavy (non-hydrogen) atoms. The van der Waals surface area contributed by atoms with Crippen molar-refractivity contribution in [3.8, 4) is 11.1 Å². The van der Waals surface area contributed by atoms with Gasteiger partial charge < -0.3 is 10.2 Å². The highest BCUT2D eigenvalue weighted by Crippen LogP contribution is 2.51. The van der Waals surface area contributed by atoms with E-state index in [1.54, 1.807) is 0 Å². The Hall–Kier alpha value is -3.53. The summed E-state index contributed by atoms with van der Waals surface area (Å²) in [6, 6.07) is 20.0. The minimum atomic E-state index is -4.52. The number of amides is 1. The third-order valence-corrected chi connectivity index (χ3v) is 8.11. The standard InChI is InChI=1S/C31H31F6N3O/c32-30(33,34)21-38-28(41)29(26-9-3-1-7-24(26)25-8-2-4-10-27(25)29)15-5-6-16-39-17-19-40(20-18-39)23-13-11-22(12-14-23)31(35,36)37/h1-4,7-14H,5-6,15-21H2,(H,38,41). The van der Waals surface area contributed by atoms with Gasteiger partial charge in [0.05, 0.1) is 5.56 Å². The van der Waals surface area contributed by atoms with Crippen LogP contribution < -0.4 is 10.2 Å². The second kappa shape index (κ2) is 11.4. The Balaban J connectivity index is 1.23. The van der Waals surface area contributed by atoms with Crippen molar-refractivity contribution in [2.45, 2.75) is 37.0 Å². The minimum absolute atomic E-state index is 0.371. The van der Waals surface area contributed by atoms with Crippen LogP contribution in [0.25, 0.3) is 11.1 Å². The fourth-order valence-electron chi connectivity index (χ4n) is 6.10. The first-order chi connectivity index (χ1) is 19.5. The zero-order chi connectivity index (χ0) is 29.3. The fourth-order valence-corrected chi connectivity index (χ4v) is 6.10. The molecule has 0 unspecified atom stereocenters. The topological polar surface area (TPSA) is 35.6 Å². The van der Waals surface area contributed by atoms with Crippen molar-refractivity contribution in [1.82, 2.24) is 10.2 Å². The van der Waals surface area contributed by atoms with Crippen molar-refractivity contribution >= 4 is 11.6 Å². The summed E-state index contributed by atoms with van der Waals surface area (Å²) in [6.07, 6.45) is -7.13. The second-order valence-electron chi connectivity index (χ2n) is 10.6. The van der Waals surface area contributed by atoms with Crippen LogP contribution in [0.1, 0.15) is 36.0 Å². The summed E-state index contributed by atoms with van der Waals surface area (Å²) in [4.78, 5) is 17.9. The lowest BCUT2D eigenvalue weighted by atomic mass is 9.73. The highest BCUT2D eigenvalue weighted by Gasteiger charge is 2.49. The third kappa shape index (κ3) is 6.07. The largest absolute Gasteiger partial charge is 0.416 e. The molecule has 1 fully saturated rings. The van der Waals surface area contributed by atoms with Crippen LogP contribution in [0.2, 0.25) is 0 Å². The normalized spacial score (nSPS) is 16.8. The van der Waals surface area contributed by atoms with Crippen molar-refractivity contribution in [2.75, 3.05) is 44.2 Å². The van der Waals surface area contributed by atoms with E-state index in [1.165, 1.54) is 12.1 Å². The maximum Gasteiger partial charge on any atom is 0.416 e. The SMILES string of the molecule is O=C(NCC(F)(F)F)C1(CCCCN2CCN(c3ccc(C(F)(F)F)cc3)CC2)c2ccccc2-c2ccccc21. The number of carbonyl (C=O) groups is 1.